The van der Waals surface area contributed by atoms with Crippen molar-refractivity contribution in [1.29, 1.82) is 0 Å². The van der Waals surface area contributed by atoms with Gasteiger partial charge in [0.2, 0.25) is 0 Å². The Bertz CT molecular complexity index is 1300. The molecule has 0 spiro atoms. The Kier molecular flexibility index (Phi) is 5.96. The molecule has 5 rings (SSSR count). The van der Waals surface area contributed by atoms with E-state index in [1.165, 1.54) is 17.6 Å². The van der Waals surface area contributed by atoms with Gasteiger partial charge in [0.15, 0.2) is 0 Å². The van der Waals surface area contributed by atoms with Crippen LogP contribution in [0, 0.1) is 6.92 Å². The number of rotatable bonds is 5. The van der Waals surface area contributed by atoms with Gasteiger partial charge in [0, 0.05) is 17.3 Å². The first-order chi connectivity index (χ1) is 16.0. The third-order valence-electron chi connectivity index (χ3n) is 5.77. The molecule has 3 aromatic heterocycles. The summed E-state index contributed by atoms with van der Waals surface area (Å²) in [5.74, 6) is 0. The van der Waals surface area contributed by atoms with Crippen molar-refractivity contribution in [3.63, 3.8) is 0 Å². The summed E-state index contributed by atoms with van der Waals surface area (Å²) in [5.41, 5.74) is 3.70. The molecule has 0 saturated carbocycles. The largest absolute Gasteiger partial charge is 0.323 e. The standard InChI is InChI=1S/C22H23ClN8OS/c1-13(30-9-3-4-10-30)19-17(12-24-21-20(19)27-14(2)33-21)29-22(32)28-15-5-6-18(16(23)11-15)31-25-7-8-26-31/h5-8,11-13H,3-4,9-10H2,1-2H3,(H2,28,29,32). The summed E-state index contributed by atoms with van der Waals surface area (Å²) in [5, 5.41) is 15.4. The number of fused-ring (bicyclic) bond motifs is 1. The Hall–Kier alpha value is -3.08. The van der Waals surface area contributed by atoms with E-state index in [0.717, 1.165) is 34.0 Å². The monoisotopic (exact) mass is 482 g/mol. The molecule has 2 amide bonds. The lowest BCUT2D eigenvalue weighted by molar-refractivity contribution is 0.260. The average molecular weight is 483 g/mol. The van der Waals surface area contributed by atoms with E-state index in [2.05, 4.69) is 37.6 Å². The van der Waals surface area contributed by atoms with Gasteiger partial charge in [0.25, 0.3) is 0 Å². The third kappa shape index (κ3) is 4.41. The smallest absolute Gasteiger partial charge is 0.308 e. The molecule has 1 aliphatic rings. The highest BCUT2D eigenvalue weighted by molar-refractivity contribution is 7.18. The van der Waals surface area contributed by atoms with Crippen LogP contribution in [-0.4, -0.2) is 49.0 Å². The van der Waals surface area contributed by atoms with Crippen molar-refractivity contribution in [2.45, 2.75) is 32.7 Å². The third-order valence-corrected chi connectivity index (χ3v) is 6.95. The van der Waals surface area contributed by atoms with Crippen LogP contribution >= 0.6 is 22.9 Å². The molecule has 1 unspecified atom stereocenters. The second-order valence-electron chi connectivity index (χ2n) is 7.96. The molecular formula is C22H23ClN8OS. The SMILES string of the molecule is Cc1nc2c(C(C)N3CCCC3)c(NC(=O)Nc3ccc(-n4nccn4)c(Cl)c3)cnc2s1. The first-order valence-electron chi connectivity index (χ1n) is 10.7. The van der Waals surface area contributed by atoms with Crippen LogP contribution in [0.4, 0.5) is 16.2 Å². The van der Waals surface area contributed by atoms with Gasteiger partial charge in [-0.3, -0.25) is 4.90 Å². The van der Waals surface area contributed by atoms with Crippen LogP contribution in [0.3, 0.4) is 0 Å². The Morgan fingerprint density at radius 1 is 1.18 bits per heavy atom. The van der Waals surface area contributed by atoms with E-state index in [9.17, 15) is 4.79 Å². The highest BCUT2D eigenvalue weighted by atomic mass is 35.5. The van der Waals surface area contributed by atoms with E-state index in [1.807, 2.05) is 6.92 Å². The topological polar surface area (TPSA) is 101 Å². The predicted octanol–water partition coefficient (Wildman–Crippen LogP) is 5.03. The van der Waals surface area contributed by atoms with Gasteiger partial charge >= 0.3 is 6.03 Å². The molecule has 1 fully saturated rings. The molecule has 1 saturated heterocycles. The normalized spacial score (nSPS) is 15.1. The lowest BCUT2D eigenvalue weighted by Crippen LogP contribution is -2.26. The molecule has 9 nitrogen and oxygen atoms in total. The predicted molar refractivity (Wildman–Crippen MR) is 130 cm³/mol. The van der Waals surface area contributed by atoms with Gasteiger partial charge in [-0.05, 0) is 58.0 Å². The number of likely N-dealkylation sites (tertiary alicyclic amines) is 1. The summed E-state index contributed by atoms with van der Waals surface area (Å²) in [6.45, 7) is 6.22. The number of amides is 2. The molecule has 1 atom stereocenters. The number of anilines is 2. The van der Waals surface area contributed by atoms with E-state index < -0.39 is 0 Å². The highest BCUT2D eigenvalue weighted by Gasteiger charge is 2.26. The summed E-state index contributed by atoms with van der Waals surface area (Å²) in [4.78, 5) is 26.9. The van der Waals surface area contributed by atoms with Crippen LogP contribution in [0.25, 0.3) is 16.0 Å². The second kappa shape index (κ2) is 9.05. The minimum atomic E-state index is -0.376. The molecule has 11 heteroatoms. The zero-order valence-electron chi connectivity index (χ0n) is 18.2. The Morgan fingerprint density at radius 3 is 2.67 bits per heavy atom. The van der Waals surface area contributed by atoms with E-state index >= 15 is 0 Å². The van der Waals surface area contributed by atoms with Crippen LogP contribution in [0.5, 0.6) is 0 Å². The summed E-state index contributed by atoms with van der Waals surface area (Å²) >= 11 is 7.94. The van der Waals surface area contributed by atoms with Gasteiger partial charge in [-0.15, -0.1) is 0 Å². The molecule has 2 N–H and O–H groups in total. The minimum absolute atomic E-state index is 0.116. The summed E-state index contributed by atoms with van der Waals surface area (Å²) in [6.07, 6.45) is 7.24. The number of thiazole rings is 1. The van der Waals surface area contributed by atoms with Gasteiger partial charge in [-0.1, -0.05) is 22.9 Å². The van der Waals surface area contributed by atoms with Crippen molar-refractivity contribution in [2.24, 2.45) is 0 Å². The number of halogens is 1. The van der Waals surface area contributed by atoms with Gasteiger partial charge in [0.05, 0.1) is 34.3 Å². The van der Waals surface area contributed by atoms with Gasteiger partial charge in [-0.25, -0.2) is 14.8 Å². The number of benzene rings is 1. The fraction of sp³-hybridized carbons (Fsp3) is 0.318. The summed E-state index contributed by atoms with van der Waals surface area (Å²) < 4.78 is 0. The molecule has 0 aliphatic carbocycles. The molecule has 0 radical (unpaired) electrons. The van der Waals surface area contributed by atoms with Crippen LogP contribution in [0.1, 0.15) is 36.4 Å². The van der Waals surface area contributed by atoms with Gasteiger partial charge in [0.1, 0.15) is 16.0 Å². The Balaban J connectivity index is 1.40. The maximum atomic E-state index is 12.9. The van der Waals surface area contributed by atoms with E-state index in [1.54, 1.807) is 48.1 Å². The van der Waals surface area contributed by atoms with Crippen molar-refractivity contribution in [3.8, 4) is 5.69 Å². The first kappa shape index (κ1) is 21.7. The van der Waals surface area contributed by atoms with Crippen LogP contribution < -0.4 is 10.6 Å². The molecule has 4 heterocycles. The highest BCUT2D eigenvalue weighted by Crippen LogP contribution is 2.36. The molecule has 33 heavy (non-hydrogen) atoms. The van der Waals surface area contributed by atoms with Crippen molar-refractivity contribution in [2.75, 3.05) is 23.7 Å². The van der Waals surface area contributed by atoms with Crippen molar-refractivity contribution >= 4 is 50.7 Å². The van der Waals surface area contributed by atoms with Crippen LogP contribution in [-0.2, 0) is 0 Å². The van der Waals surface area contributed by atoms with E-state index in [4.69, 9.17) is 16.6 Å². The first-order valence-corrected chi connectivity index (χ1v) is 11.9. The Morgan fingerprint density at radius 2 is 1.94 bits per heavy atom. The molecule has 4 aromatic rings. The minimum Gasteiger partial charge on any atom is -0.308 e. The average Bonchev–Trinajstić information content (AvgIpc) is 3.54. The fourth-order valence-corrected chi connectivity index (χ4v) is 5.24. The summed E-state index contributed by atoms with van der Waals surface area (Å²) in [7, 11) is 0. The lowest BCUT2D eigenvalue weighted by Gasteiger charge is -2.26. The zero-order valence-corrected chi connectivity index (χ0v) is 19.8. The molecule has 0 bridgehead atoms. The zero-order chi connectivity index (χ0) is 22.9. The molecule has 170 valence electrons. The number of nitrogens with one attached hydrogen (secondary N) is 2. The molecular weight excluding hydrogens is 460 g/mol. The number of hydrogen-bond donors (Lipinski definition) is 2. The number of nitrogens with zero attached hydrogens (tertiary/aromatic N) is 6. The van der Waals surface area contributed by atoms with E-state index in [0.29, 0.717) is 22.1 Å². The summed E-state index contributed by atoms with van der Waals surface area (Å²) in [6, 6.07) is 4.91. The van der Waals surface area contributed by atoms with Crippen molar-refractivity contribution in [3.05, 3.63) is 52.4 Å². The Labute approximate surface area is 199 Å². The maximum absolute atomic E-state index is 12.9. The van der Waals surface area contributed by atoms with Gasteiger partial charge in [-0.2, -0.15) is 15.0 Å². The van der Waals surface area contributed by atoms with Crippen molar-refractivity contribution < 1.29 is 4.79 Å². The lowest BCUT2D eigenvalue weighted by atomic mass is 10.1. The number of carbonyl (C=O) groups is 1. The number of urea groups is 1. The van der Waals surface area contributed by atoms with Crippen molar-refractivity contribution in [1.82, 2.24) is 29.9 Å². The number of hydrogen-bond acceptors (Lipinski definition) is 7. The fourth-order valence-electron chi connectivity index (χ4n) is 4.21. The number of aromatic nitrogens is 5. The number of carbonyl (C=O) groups excluding carboxylic acids is 1. The van der Waals surface area contributed by atoms with Gasteiger partial charge < -0.3 is 10.6 Å². The molecule has 1 aliphatic heterocycles. The quantitative estimate of drug-likeness (QED) is 0.413. The molecule has 1 aromatic carbocycles. The number of aryl methyl sites for hydroxylation is 1. The number of pyridine rings is 1. The second-order valence-corrected chi connectivity index (χ2v) is 9.54. The van der Waals surface area contributed by atoms with Crippen LogP contribution in [0.2, 0.25) is 5.02 Å². The van der Waals surface area contributed by atoms with E-state index in [-0.39, 0.29) is 12.1 Å². The maximum Gasteiger partial charge on any atom is 0.323 e. The van der Waals surface area contributed by atoms with Crippen LogP contribution in [0.15, 0.2) is 36.8 Å².